The molecule has 0 aromatic heterocycles. The molecule has 0 amide bonds. The van der Waals surface area contributed by atoms with Crippen LogP contribution in [0.15, 0.2) is 36.4 Å². The van der Waals surface area contributed by atoms with Crippen LogP contribution in [0.3, 0.4) is 0 Å². The Morgan fingerprint density at radius 3 is 2.67 bits per heavy atom. The molecule has 0 heteroatoms. The van der Waals surface area contributed by atoms with Gasteiger partial charge in [0.2, 0.25) is 0 Å². The molecule has 0 aliphatic carbocycles. The van der Waals surface area contributed by atoms with E-state index in [1.54, 1.807) is 0 Å². The van der Waals surface area contributed by atoms with Crippen molar-refractivity contribution in [3.63, 3.8) is 0 Å². The Morgan fingerprint density at radius 2 is 2.00 bits per heavy atom. The molecule has 1 aromatic rings. The van der Waals surface area contributed by atoms with E-state index in [1.807, 2.05) is 0 Å². The Labute approximate surface area is 74.9 Å². The van der Waals surface area contributed by atoms with Crippen LogP contribution in [0, 0.1) is 0 Å². The molecule has 12 heavy (non-hydrogen) atoms. The summed E-state index contributed by atoms with van der Waals surface area (Å²) in [5.41, 5.74) is 2.84. The zero-order valence-electron chi connectivity index (χ0n) is 7.88. The van der Waals surface area contributed by atoms with Crippen molar-refractivity contribution < 1.29 is 0 Å². The van der Waals surface area contributed by atoms with Crippen molar-refractivity contribution in [1.29, 1.82) is 0 Å². The lowest BCUT2D eigenvalue weighted by Gasteiger charge is -1.99. The molecule has 0 nitrogen and oxygen atoms in total. The van der Waals surface area contributed by atoms with E-state index < -0.39 is 0 Å². The lowest BCUT2D eigenvalue weighted by atomic mass is 10.1. The zero-order valence-corrected chi connectivity index (χ0v) is 7.88. The fraction of sp³-hybridized carbons (Fsp3) is 0.333. The van der Waals surface area contributed by atoms with Crippen LogP contribution < -0.4 is 0 Å². The van der Waals surface area contributed by atoms with Gasteiger partial charge in [0.15, 0.2) is 0 Å². The number of hydrogen-bond acceptors (Lipinski definition) is 0. The summed E-state index contributed by atoms with van der Waals surface area (Å²) in [6, 6.07) is 8.77. The monoisotopic (exact) mass is 160 g/mol. The summed E-state index contributed by atoms with van der Waals surface area (Å²) in [7, 11) is 0. The molecule has 0 saturated carbocycles. The van der Waals surface area contributed by atoms with E-state index in [9.17, 15) is 0 Å². The zero-order chi connectivity index (χ0) is 8.81. The average Bonchev–Trinajstić information content (AvgIpc) is 2.15. The van der Waals surface area contributed by atoms with Gasteiger partial charge in [-0.3, -0.25) is 0 Å². The molecule has 0 aliphatic heterocycles. The van der Waals surface area contributed by atoms with Crippen LogP contribution in [0.25, 0.3) is 0 Å². The maximum atomic E-state index is 2.28. The van der Waals surface area contributed by atoms with Crippen LogP contribution in [-0.2, 0) is 12.8 Å². The third kappa shape index (κ3) is 2.54. The van der Waals surface area contributed by atoms with E-state index in [-0.39, 0.29) is 0 Å². The van der Waals surface area contributed by atoms with Gasteiger partial charge < -0.3 is 0 Å². The molecule has 0 N–H and O–H groups in total. The summed E-state index contributed by atoms with van der Waals surface area (Å²) in [6.45, 7) is 4.25. The quantitative estimate of drug-likeness (QED) is 0.595. The van der Waals surface area contributed by atoms with Gasteiger partial charge in [-0.1, -0.05) is 43.3 Å². The van der Waals surface area contributed by atoms with Crippen LogP contribution in [0.5, 0.6) is 0 Å². The highest BCUT2D eigenvalue weighted by Gasteiger charge is 1.90. The normalized spacial score (nSPS) is 10.8. The smallest absolute Gasteiger partial charge is 0.00975 e. The minimum Gasteiger partial charge on any atom is -0.0913 e. The Morgan fingerprint density at radius 1 is 1.25 bits per heavy atom. The molecule has 0 aliphatic rings. The van der Waals surface area contributed by atoms with Gasteiger partial charge in [0.1, 0.15) is 0 Å². The van der Waals surface area contributed by atoms with Crippen LogP contribution in [-0.4, -0.2) is 0 Å². The summed E-state index contributed by atoms with van der Waals surface area (Å²) in [5, 5.41) is 0. The highest BCUT2D eigenvalue weighted by molar-refractivity contribution is 5.24. The third-order valence-electron chi connectivity index (χ3n) is 1.99. The van der Waals surface area contributed by atoms with Crippen LogP contribution in [0.2, 0.25) is 0 Å². The molecule has 0 unspecified atom stereocenters. The van der Waals surface area contributed by atoms with Crippen LogP contribution in [0.4, 0.5) is 0 Å². The second-order valence-electron chi connectivity index (χ2n) is 2.95. The van der Waals surface area contributed by atoms with Crippen molar-refractivity contribution >= 4 is 0 Å². The summed E-state index contributed by atoms with van der Waals surface area (Å²) < 4.78 is 0. The van der Waals surface area contributed by atoms with E-state index in [1.165, 1.54) is 11.1 Å². The van der Waals surface area contributed by atoms with Crippen molar-refractivity contribution in [3.8, 4) is 0 Å². The van der Waals surface area contributed by atoms with E-state index >= 15 is 0 Å². The summed E-state index contributed by atoms with van der Waals surface area (Å²) in [5.74, 6) is 0. The van der Waals surface area contributed by atoms with Gasteiger partial charge in [-0.05, 0) is 30.9 Å². The van der Waals surface area contributed by atoms with Crippen molar-refractivity contribution in [2.45, 2.75) is 26.7 Å². The van der Waals surface area contributed by atoms with Crippen molar-refractivity contribution in [2.75, 3.05) is 0 Å². The molecule has 0 spiro atoms. The van der Waals surface area contributed by atoms with Crippen molar-refractivity contribution in [2.24, 2.45) is 0 Å². The lowest BCUT2D eigenvalue weighted by molar-refractivity contribution is 1.12. The highest BCUT2D eigenvalue weighted by Crippen LogP contribution is 2.06. The number of hydrogen-bond donors (Lipinski definition) is 0. The predicted molar refractivity (Wildman–Crippen MR) is 54.3 cm³/mol. The maximum absolute atomic E-state index is 2.28. The molecule has 1 aromatic carbocycles. The van der Waals surface area contributed by atoms with Gasteiger partial charge in [-0.15, -0.1) is 0 Å². The second-order valence-corrected chi connectivity index (χ2v) is 2.95. The largest absolute Gasteiger partial charge is 0.0913 e. The summed E-state index contributed by atoms with van der Waals surface area (Å²) >= 11 is 0. The maximum Gasteiger partial charge on any atom is -0.00975 e. The number of rotatable bonds is 3. The van der Waals surface area contributed by atoms with Gasteiger partial charge >= 0.3 is 0 Å². The Kier molecular flexibility index (Phi) is 3.59. The third-order valence-corrected chi connectivity index (χ3v) is 1.99. The van der Waals surface area contributed by atoms with Crippen molar-refractivity contribution in [3.05, 3.63) is 47.5 Å². The van der Waals surface area contributed by atoms with Gasteiger partial charge in [0.05, 0.1) is 0 Å². The Balaban J connectivity index is 2.72. The summed E-state index contributed by atoms with van der Waals surface area (Å²) in [6.07, 6.45) is 6.47. The lowest BCUT2D eigenvalue weighted by Crippen LogP contribution is -1.84. The molecule has 0 heterocycles. The molecular formula is C12H16. The first-order valence-electron chi connectivity index (χ1n) is 4.55. The number of aryl methyl sites for hydroxylation is 1. The van der Waals surface area contributed by atoms with Crippen molar-refractivity contribution in [1.82, 2.24) is 0 Å². The predicted octanol–water partition coefficient (Wildman–Crippen LogP) is 3.37. The molecule has 1 rings (SSSR count). The highest BCUT2D eigenvalue weighted by atomic mass is 14.0. The van der Waals surface area contributed by atoms with E-state index in [4.69, 9.17) is 0 Å². The Hall–Kier alpha value is -1.04. The van der Waals surface area contributed by atoms with Gasteiger partial charge in [-0.25, -0.2) is 0 Å². The minimum absolute atomic E-state index is 1.06. The number of benzene rings is 1. The van der Waals surface area contributed by atoms with Gasteiger partial charge in [0.25, 0.3) is 0 Å². The molecule has 0 atom stereocenters. The minimum atomic E-state index is 1.06. The van der Waals surface area contributed by atoms with Crippen LogP contribution in [0.1, 0.15) is 25.0 Å². The second kappa shape index (κ2) is 4.76. The molecule has 0 radical (unpaired) electrons. The van der Waals surface area contributed by atoms with E-state index in [0.717, 1.165) is 12.8 Å². The first-order valence-corrected chi connectivity index (χ1v) is 4.55. The topological polar surface area (TPSA) is 0 Å². The standard InChI is InChI=1S/C12H16/c1-3-5-7-12-9-6-8-11(4-2)10-12/h3,5-6,8-10H,4,7H2,1-2H3. The fourth-order valence-corrected chi connectivity index (χ4v) is 1.23. The SMILES string of the molecule is CC=CCc1cccc(CC)c1. The molecule has 0 fully saturated rings. The van der Waals surface area contributed by atoms with E-state index in [0.29, 0.717) is 0 Å². The van der Waals surface area contributed by atoms with Gasteiger partial charge in [0, 0.05) is 0 Å². The van der Waals surface area contributed by atoms with E-state index in [2.05, 4.69) is 50.3 Å². The number of allylic oxidation sites excluding steroid dienone is 2. The summed E-state index contributed by atoms with van der Waals surface area (Å²) in [4.78, 5) is 0. The first kappa shape index (κ1) is 9.05. The molecular weight excluding hydrogens is 144 g/mol. The molecule has 0 saturated heterocycles. The first-order chi connectivity index (χ1) is 5.86. The van der Waals surface area contributed by atoms with Crippen LogP contribution >= 0.6 is 0 Å². The fourth-order valence-electron chi connectivity index (χ4n) is 1.23. The molecule has 64 valence electrons. The van der Waals surface area contributed by atoms with Gasteiger partial charge in [-0.2, -0.15) is 0 Å². The molecule has 0 bridgehead atoms. The Bertz CT molecular complexity index is 258. The average molecular weight is 160 g/mol.